The summed E-state index contributed by atoms with van der Waals surface area (Å²) in [5.74, 6) is 0. The zero-order valence-electron chi connectivity index (χ0n) is 10.7. The highest BCUT2D eigenvalue weighted by atomic mass is 35.5. The van der Waals surface area contributed by atoms with E-state index in [4.69, 9.17) is 11.6 Å². The molecule has 0 aliphatic rings. The molecule has 5 nitrogen and oxygen atoms in total. The van der Waals surface area contributed by atoms with Gasteiger partial charge in [-0.1, -0.05) is 11.6 Å². The Hall–Kier alpha value is -2.01. The third-order valence-electron chi connectivity index (χ3n) is 2.94. The van der Waals surface area contributed by atoms with E-state index in [0.29, 0.717) is 17.3 Å². The molecule has 2 rings (SSSR count). The number of hydrogen-bond acceptors (Lipinski definition) is 3. The molecule has 0 saturated heterocycles. The van der Waals surface area contributed by atoms with Gasteiger partial charge < -0.3 is 5.32 Å². The molecule has 2 aromatic rings. The fourth-order valence-electron chi connectivity index (χ4n) is 1.71. The molecule has 1 heterocycles. The van der Waals surface area contributed by atoms with Gasteiger partial charge in [-0.15, -0.1) is 0 Å². The normalized spacial score (nSPS) is 10.5. The largest absolute Gasteiger partial charge is 0.379 e. The number of nitrogens with one attached hydrogen (secondary N) is 1. The first-order valence-corrected chi connectivity index (χ1v) is 6.12. The van der Waals surface area contributed by atoms with Crippen molar-refractivity contribution in [2.45, 2.75) is 6.54 Å². The van der Waals surface area contributed by atoms with Crippen LogP contribution in [0.15, 0.2) is 39.9 Å². The van der Waals surface area contributed by atoms with Crippen molar-refractivity contribution in [3.8, 4) is 0 Å². The highest BCUT2D eigenvalue weighted by molar-refractivity contribution is 6.30. The summed E-state index contributed by atoms with van der Waals surface area (Å²) in [4.78, 5) is 23.3. The molecule has 0 bridgehead atoms. The van der Waals surface area contributed by atoms with E-state index < -0.39 is 0 Å². The lowest BCUT2D eigenvalue weighted by molar-refractivity contribution is 0.655. The van der Waals surface area contributed by atoms with Crippen LogP contribution in [0.1, 0.15) is 5.69 Å². The quantitative estimate of drug-likeness (QED) is 0.923. The van der Waals surface area contributed by atoms with Crippen LogP contribution in [0.5, 0.6) is 0 Å². The molecule has 0 amide bonds. The van der Waals surface area contributed by atoms with Crippen LogP contribution in [0.25, 0.3) is 0 Å². The van der Waals surface area contributed by atoms with Crippen LogP contribution in [0.4, 0.5) is 5.69 Å². The average Bonchev–Trinajstić information content (AvgIpc) is 2.41. The van der Waals surface area contributed by atoms with E-state index in [-0.39, 0.29) is 11.2 Å². The molecule has 0 aliphatic carbocycles. The van der Waals surface area contributed by atoms with E-state index in [1.165, 1.54) is 17.7 Å². The van der Waals surface area contributed by atoms with Gasteiger partial charge in [0, 0.05) is 36.6 Å². The maximum absolute atomic E-state index is 11.7. The SMILES string of the molecule is Cn1c(CNc2ccc(Cl)cc2)cc(=O)n(C)c1=O. The van der Waals surface area contributed by atoms with Gasteiger partial charge in [-0.3, -0.25) is 13.9 Å². The van der Waals surface area contributed by atoms with Crippen LogP contribution in [0.3, 0.4) is 0 Å². The van der Waals surface area contributed by atoms with Crippen LogP contribution in [-0.4, -0.2) is 9.13 Å². The summed E-state index contributed by atoms with van der Waals surface area (Å²) in [7, 11) is 3.10. The van der Waals surface area contributed by atoms with Gasteiger partial charge in [-0.25, -0.2) is 4.79 Å². The molecule has 1 aromatic heterocycles. The zero-order chi connectivity index (χ0) is 14.0. The van der Waals surface area contributed by atoms with Gasteiger partial charge in [0.2, 0.25) is 0 Å². The van der Waals surface area contributed by atoms with E-state index in [0.717, 1.165) is 10.3 Å². The van der Waals surface area contributed by atoms with Crippen molar-refractivity contribution < 1.29 is 0 Å². The molecule has 1 N–H and O–H groups in total. The summed E-state index contributed by atoms with van der Waals surface area (Å²) in [5, 5.41) is 3.80. The molecule has 1 aromatic carbocycles. The van der Waals surface area contributed by atoms with Crippen LogP contribution in [0.2, 0.25) is 5.02 Å². The number of benzene rings is 1. The molecule has 0 unspecified atom stereocenters. The summed E-state index contributed by atoms with van der Waals surface area (Å²) < 4.78 is 2.52. The molecule has 6 heteroatoms. The van der Waals surface area contributed by atoms with Crippen molar-refractivity contribution in [3.63, 3.8) is 0 Å². The second kappa shape index (κ2) is 5.32. The van der Waals surface area contributed by atoms with Gasteiger partial charge in [0.15, 0.2) is 0 Å². The second-order valence-corrected chi connectivity index (χ2v) is 4.67. The monoisotopic (exact) mass is 279 g/mol. The minimum absolute atomic E-state index is 0.309. The van der Waals surface area contributed by atoms with E-state index >= 15 is 0 Å². The summed E-state index contributed by atoms with van der Waals surface area (Å²) in [5.41, 5.74) is 0.858. The highest BCUT2D eigenvalue weighted by Crippen LogP contribution is 2.13. The smallest absolute Gasteiger partial charge is 0.330 e. The number of aromatic nitrogens is 2. The fourth-order valence-corrected chi connectivity index (χ4v) is 1.83. The average molecular weight is 280 g/mol. The predicted molar refractivity (Wildman–Crippen MR) is 75.7 cm³/mol. The maximum atomic E-state index is 11.7. The molecule has 0 fully saturated rings. The molecule has 19 heavy (non-hydrogen) atoms. The Morgan fingerprint density at radius 1 is 1.11 bits per heavy atom. The predicted octanol–water partition coefficient (Wildman–Crippen LogP) is 1.35. The van der Waals surface area contributed by atoms with Gasteiger partial charge in [0.25, 0.3) is 5.56 Å². The number of nitrogens with zero attached hydrogens (tertiary/aromatic N) is 2. The van der Waals surface area contributed by atoms with E-state index in [2.05, 4.69) is 5.32 Å². The lowest BCUT2D eigenvalue weighted by atomic mass is 10.3. The Morgan fingerprint density at radius 2 is 1.74 bits per heavy atom. The first-order valence-electron chi connectivity index (χ1n) is 5.74. The van der Waals surface area contributed by atoms with E-state index in [1.807, 2.05) is 12.1 Å². The standard InChI is InChI=1S/C13H14ClN3O2/c1-16-11(7-12(18)17(2)13(16)19)8-15-10-5-3-9(14)4-6-10/h3-7,15H,8H2,1-2H3. The molecule has 0 spiro atoms. The highest BCUT2D eigenvalue weighted by Gasteiger charge is 2.05. The summed E-state index contributed by atoms with van der Waals surface area (Å²) >= 11 is 5.80. The lowest BCUT2D eigenvalue weighted by Gasteiger charge is -2.11. The van der Waals surface area contributed by atoms with Crippen molar-refractivity contribution in [3.05, 3.63) is 61.9 Å². The minimum Gasteiger partial charge on any atom is -0.379 e. The number of halogens is 1. The summed E-state index contributed by atoms with van der Waals surface area (Å²) in [6.45, 7) is 0.392. The van der Waals surface area contributed by atoms with Crippen molar-refractivity contribution >= 4 is 17.3 Å². The topological polar surface area (TPSA) is 56.0 Å². The van der Waals surface area contributed by atoms with Gasteiger partial charge in [-0.2, -0.15) is 0 Å². The number of rotatable bonds is 3. The van der Waals surface area contributed by atoms with Crippen LogP contribution in [-0.2, 0) is 20.6 Å². The summed E-state index contributed by atoms with van der Waals surface area (Å²) in [6.07, 6.45) is 0. The van der Waals surface area contributed by atoms with E-state index in [1.54, 1.807) is 19.2 Å². The third kappa shape index (κ3) is 2.88. The Kier molecular flexibility index (Phi) is 3.76. The van der Waals surface area contributed by atoms with Crippen LogP contribution < -0.4 is 16.6 Å². The van der Waals surface area contributed by atoms with Gasteiger partial charge in [0.1, 0.15) is 0 Å². The minimum atomic E-state index is -0.333. The first-order chi connectivity index (χ1) is 8.99. The third-order valence-corrected chi connectivity index (χ3v) is 3.20. The second-order valence-electron chi connectivity index (χ2n) is 4.23. The van der Waals surface area contributed by atoms with E-state index in [9.17, 15) is 9.59 Å². The molecule has 100 valence electrons. The summed E-state index contributed by atoms with van der Waals surface area (Å²) in [6, 6.07) is 8.66. The molecular formula is C13H14ClN3O2. The molecule has 0 aliphatic heterocycles. The first kappa shape index (κ1) is 13.4. The van der Waals surface area contributed by atoms with Crippen molar-refractivity contribution in [2.75, 3.05) is 5.32 Å². The lowest BCUT2D eigenvalue weighted by Crippen LogP contribution is -2.38. The fraction of sp³-hybridized carbons (Fsp3) is 0.231. The van der Waals surface area contributed by atoms with Crippen molar-refractivity contribution in [1.29, 1.82) is 0 Å². The van der Waals surface area contributed by atoms with Crippen molar-refractivity contribution in [2.24, 2.45) is 14.1 Å². The maximum Gasteiger partial charge on any atom is 0.330 e. The van der Waals surface area contributed by atoms with Crippen LogP contribution >= 0.6 is 11.6 Å². The van der Waals surface area contributed by atoms with Crippen LogP contribution in [0, 0.1) is 0 Å². The molecule has 0 saturated carbocycles. The molecule has 0 radical (unpaired) electrons. The number of anilines is 1. The number of hydrogen-bond donors (Lipinski definition) is 1. The van der Waals surface area contributed by atoms with Gasteiger partial charge >= 0.3 is 5.69 Å². The Bertz CT molecular complexity index is 701. The molecule has 0 atom stereocenters. The van der Waals surface area contributed by atoms with Gasteiger partial charge in [-0.05, 0) is 24.3 Å². The van der Waals surface area contributed by atoms with Gasteiger partial charge in [0.05, 0.1) is 6.54 Å². The zero-order valence-corrected chi connectivity index (χ0v) is 11.4. The Labute approximate surface area is 115 Å². The Morgan fingerprint density at radius 3 is 2.37 bits per heavy atom. The Balaban J connectivity index is 2.23. The molecular weight excluding hydrogens is 266 g/mol. The van der Waals surface area contributed by atoms with Crippen molar-refractivity contribution in [1.82, 2.24) is 9.13 Å².